The molecule has 1 heterocycles. The van der Waals surface area contributed by atoms with Crippen LogP contribution in [0.15, 0.2) is 18.2 Å². The summed E-state index contributed by atoms with van der Waals surface area (Å²) >= 11 is 0. The van der Waals surface area contributed by atoms with Crippen molar-refractivity contribution < 1.29 is 9.18 Å². The highest BCUT2D eigenvalue weighted by Gasteiger charge is 2.13. The number of hydrogen-bond acceptors (Lipinski definition) is 2. The second-order valence-electron chi connectivity index (χ2n) is 4.22. The molecule has 18 heavy (non-hydrogen) atoms. The lowest BCUT2D eigenvalue weighted by atomic mass is 10.1. The van der Waals surface area contributed by atoms with Gasteiger partial charge in [0.05, 0.1) is 17.1 Å². The number of H-pyrrole nitrogens is 1. The Bertz CT molecular complexity index is 585. The van der Waals surface area contributed by atoms with Gasteiger partial charge in [0.25, 0.3) is 5.91 Å². The molecule has 1 aromatic carbocycles. The van der Waals surface area contributed by atoms with E-state index in [2.05, 4.69) is 15.5 Å². The Morgan fingerprint density at radius 2 is 2.06 bits per heavy atom. The van der Waals surface area contributed by atoms with Crippen LogP contribution in [0.2, 0.25) is 0 Å². The molecule has 5 heteroatoms. The molecule has 1 amide bonds. The Balaban J connectivity index is 2.28. The third-order valence-electron chi connectivity index (χ3n) is 2.80. The highest BCUT2D eigenvalue weighted by atomic mass is 19.1. The van der Waals surface area contributed by atoms with E-state index in [-0.39, 0.29) is 11.7 Å². The van der Waals surface area contributed by atoms with Crippen LogP contribution in [0.3, 0.4) is 0 Å². The number of nitrogens with zero attached hydrogens (tertiary/aromatic N) is 1. The molecule has 0 bridgehead atoms. The average molecular weight is 247 g/mol. The second-order valence-corrected chi connectivity index (χ2v) is 4.22. The lowest BCUT2D eigenvalue weighted by molar-refractivity contribution is 0.102. The highest BCUT2D eigenvalue weighted by molar-refractivity contribution is 6.05. The summed E-state index contributed by atoms with van der Waals surface area (Å²) < 4.78 is 13.0. The summed E-state index contributed by atoms with van der Waals surface area (Å²) in [6, 6.07) is 4.09. The summed E-state index contributed by atoms with van der Waals surface area (Å²) in [5, 5.41) is 9.57. The Morgan fingerprint density at radius 3 is 2.61 bits per heavy atom. The molecule has 0 saturated carbocycles. The van der Waals surface area contributed by atoms with Gasteiger partial charge in [-0.3, -0.25) is 9.89 Å². The van der Waals surface area contributed by atoms with E-state index in [1.165, 1.54) is 18.2 Å². The largest absolute Gasteiger partial charge is 0.319 e. The van der Waals surface area contributed by atoms with Crippen LogP contribution in [0, 0.1) is 26.6 Å². The Hall–Kier alpha value is -2.17. The molecule has 0 spiro atoms. The second kappa shape index (κ2) is 4.60. The summed E-state index contributed by atoms with van der Waals surface area (Å²) in [4.78, 5) is 12.1. The van der Waals surface area contributed by atoms with Crippen LogP contribution in [0.5, 0.6) is 0 Å². The van der Waals surface area contributed by atoms with Gasteiger partial charge in [-0.2, -0.15) is 5.10 Å². The van der Waals surface area contributed by atoms with E-state index in [4.69, 9.17) is 0 Å². The lowest BCUT2D eigenvalue weighted by Crippen LogP contribution is -2.14. The number of carbonyl (C=O) groups excluding carboxylic acids is 1. The van der Waals surface area contributed by atoms with Crippen molar-refractivity contribution in [1.29, 1.82) is 0 Å². The van der Waals surface area contributed by atoms with Crippen molar-refractivity contribution in [2.75, 3.05) is 5.32 Å². The fourth-order valence-corrected chi connectivity index (χ4v) is 1.80. The van der Waals surface area contributed by atoms with Crippen LogP contribution < -0.4 is 5.32 Å². The van der Waals surface area contributed by atoms with E-state index < -0.39 is 0 Å². The number of benzene rings is 1. The van der Waals surface area contributed by atoms with Gasteiger partial charge in [0.15, 0.2) is 0 Å². The smallest absolute Gasteiger partial charge is 0.256 e. The van der Waals surface area contributed by atoms with Crippen LogP contribution in [0.4, 0.5) is 10.1 Å². The van der Waals surface area contributed by atoms with Crippen molar-refractivity contribution in [1.82, 2.24) is 10.2 Å². The van der Waals surface area contributed by atoms with Gasteiger partial charge in [0, 0.05) is 5.56 Å². The molecule has 1 aromatic heterocycles. The Labute approximate surface area is 104 Å². The minimum Gasteiger partial charge on any atom is -0.319 e. The monoisotopic (exact) mass is 247 g/mol. The molecule has 2 rings (SSSR count). The molecular weight excluding hydrogens is 233 g/mol. The van der Waals surface area contributed by atoms with Crippen molar-refractivity contribution in [2.45, 2.75) is 20.8 Å². The number of nitrogens with one attached hydrogen (secondary N) is 2. The lowest BCUT2D eigenvalue weighted by Gasteiger charge is -2.07. The molecule has 0 fully saturated rings. The van der Waals surface area contributed by atoms with Crippen molar-refractivity contribution >= 4 is 11.6 Å². The first kappa shape index (κ1) is 12.3. The van der Waals surface area contributed by atoms with Crippen LogP contribution in [-0.2, 0) is 0 Å². The summed E-state index contributed by atoms with van der Waals surface area (Å²) in [6.45, 7) is 5.33. The van der Waals surface area contributed by atoms with Gasteiger partial charge in [0.2, 0.25) is 0 Å². The van der Waals surface area contributed by atoms with Gasteiger partial charge < -0.3 is 5.32 Å². The summed E-state index contributed by atoms with van der Waals surface area (Å²) in [7, 11) is 0. The van der Waals surface area contributed by atoms with E-state index in [0.29, 0.717) is 16.8 Å². The van der Waals surface area contributed by atoms with Crippen LogP contribution in [0.25, 0.3) is 0 Å². The highest BCUT2D eigenvalue weighted by Crippen LogP contribution is 2.18. The zero-order chi connectivity index (χ0) is 13.3. The van der Waals surface area contributed by atoms with Crippen molar-refractivity contribution in [3.05, 3.63) is 46.5 Å². The van der Waals surface area contributed by atoms with Gasteiger partial charge in [-0.25, -0.2) is 4.39 Å². The minimum atomic E-state index is -0.347. The first-order valence-electron chi connectivity index (χ1n) is 5.58. The number of aromatic amines is 1. The molecular formula is C13H14FN3O. The molecule has 0 radical (unpaired) electrons. The standard InChI is InChI=1S/C13H14FN3O/c1-7-6-10(14)4-5-11(7)13(18)15-12-8(2)16-17-9(12)3/h4-6H,1-3H3,(H,15,18)(H,16,17). The molecule has 0 aliphatic carbocycles. The summed E-state index contributed by atoms with van der Waals surface area (Å²) in [5.41, 5.74) is 3.24. The quantitative estimate of drug-likeness (QED) is 0.857. The normalized spacial score (nSPS) is 10.4. The fourth-order valence-electron chi connectivity index (χ4n) is 1.80. The number of hydrogen-bond donors (Lipinski definition) is 2. The number of halogens is 1. The van der Waals surface area contributed by atoms with Gasteiger partial charge in [0.1, 0.15) is 5.82 Å². The maximum absolute atomic E-state index is 13.0. The molecule has 0 atom stereocenters. The topological polar surface area (TPSA) is 57.8 Å². The van der Waals surface area contributed by atoms with Crippen molar-refractivity contribution in [2.24, 2.45) is 0 Å². The molecule has 4 nitrogen and oxygen atoms in total. The Morgan fingerprint density at radius 1 is 1.33 bits per heavy atom. The van der Waals surface area contributed by atoms with Crippen molar-refractivity contribution in [3.63, 3.8) is 0 Å². The van der Waals surface area contributed by atoms with Crippen LogP contribution in [0.1, 0.15) is 27.3 Å². The molecule has 0 aliphatic heterocycles. The van der Waals surface area contributed by atoms with E-state index in [9.17, 15) is 9.18 Å². The zero-order valence-corrected chi connectivity index (χ0v) is 10.5. The first-order chi connectivity index (χ1) is 8.49. The fraction of sp³-hybridized carbons (Fsp3) is 0.231. The number of anilines is 1. The van der Waals surface area contributed by atoms with Gasteiger partial charge in [-0.1, -0.05) is 0 Å². The molecule has 0 saturated heterocycles. The van der Waals surface area contributed by atoms with Gasteiger partial charge in [-0.05, 0) is 44.5 Å². The predicted octanol–water partition coefficient (Wildman–Crippen LogP) is 2.73. The van der Waals surface area contributed by atoms with E-state index in [1.54, 1.807) is 13.8 Å². The molecule has 0 aliphatic rings. The van der Waals surface area contributed by atoms with Crippen LogP contribution >= 0.6 is 0 Å². The third kappa shape index (κ3) is 2.25. The number of aryl methyl sites for hydroxylation is 3. The molecule has 2 N–H and O–H groups in total. The van der Waals surface area contributed by atoms with E-state index in [1.807, 2.05) is 6.92 Å². The molecule has 94 valence electrons. The number of carbonyl (C=O) groups is 1. The van der Waals surface area contributed by atoms with Gasteiger partial charge in [-0.15, -0.1) is 0 Å². The average Bonchev–Trinajstić information content (AvgIpc) is 2.60. The zero-order valence-electron chi connectivity index (χ0n) is 10.5. The van der Waals surface area contributed by atoms with E-state index >= 15 is 0 Å². The summed E-state index contributed by atoms with van der Waals surface area (Å²) in [6.07, 6.45) is 0. The van der Waals surface area contributed by atoms with E-state index in [0.717, 1.165) is 11.4 Å². The maximum atomic E-state index is 13.0. The van der Waals surface area contributed by atoms with Gasteiger partial charge >= 0.3 is 0 Å². The van der Waals surface area contributed by atoms with Crippen LogP contribution in [-0.4, -0.2) is 16.1 Å². The number of aromatic nitrogens is 2. The third-order valence-corrected chi connectivity index (χ3v) is 2.80. The SMILES string of the molecule is Cc1cc(F)ccc1C(=O)Nc1c(C)n[nH]c1C. The number of amides is 1. The van der Waals surface area contributed by atoms with Crippen molar-refractivity contribution in [3.8, 4) is 0 Å². The predicted molar refractivity (Wildman–Crippen MR) is 67.2 cm³/mol. The Kier molecular flexibility index (Phi) is 3.14. The molecule has 0 unspecified atom stereocenters. The minimum absolute atomic E-state index is 0.264. The molecule has 2 aromatic rings. The summed E-state index contributed by atoms with van der Waals surface area (Å²) in [5.74, 6) is -0.611. The maximum Gasteiger partial charge on any atom is 0.256 e. The first-order valence-corrected chi connectivity index (χ1v) is 5.58. The number of rotatable bonds is 2.